The van der Waals surface area contributed by atoms with Crippen LogP contribution in [0.3, 0.4) is 0 Å². The Kier molecular flexibility index (Phi) is 6.91. The highest BCUT2D eigenvalue weighted by Gasteiger charge is 2.11. The molecule has 0 aliphatic heterocycles. The average Bonchev–Trinajstić information content (AvgIpc) is 2.42. The Bertz CT molecular complexity index is 461. The van der Waals surface area contributed by atoms with Crippen molar-refractivity contribution in [3.8, 4) is 0 Å². The van der Waals surface area contributed by atoms with E-state index in [0.29, 0.717) is 0 Å². The summed E-state index contributed by atoms with van der Waals surface area (Å²) in [4.78, 5) is 17.1. The fourth-order valence-corrected chi connectivity index (χ4v) is 1.82. The van der Waals surface area contributed by atoms with Crippen LogP contribution in [-0.2, 0) is 0 Å². The van der Waals surface area contributed by atoms with Crippen molar-refractivity contribution < 1.29 is 0 Å². The molecule has 0 saturated heterocycles. The van der Waals surface area contributed by atoms with E-state index in [1.807, 2.05) is 38.1 Å². The first-order valence-corrected chi connectivity index (χ1v) is 6.90. The van der Waals surface area contributed by atoms with Gasteiger partial charge in [-0.1, -0.05) is 6.07 Å². The lowest BCUT2D eigenvalue weighted by Crippen LogP contribution is -2.13. The lowest BCUT2D eigenvalue weighted by Gasteiger charge is -2.17. The van der Waals surface area contributed by atoms with Crippen molar-refractivity contribution in [2.45, 2.75) is 19.4 Å². The molecule has 0 aliphatic rings. The maximum Gasteiger partial charge on any atom is 0.133 e. The molecule has 1 atom stereocenters. The van der Waals surface area contributed by atoms with Crippen molar-refractivity contribution in [3.05, 3.63) is 23.9 Å². The number of hydrogen-bond donors (Lipinski definition) is 0. The number of aromatic nitrogens is 1. The van der Waals surface area contributed by atoms with Crippen LogP contribution in [0, 0.1) is 0 Å². The molecule has 0 amide bonds. The molecular formula is C15H25N5. The van der Waals surface area contributed by atoms with E-state index in [4.69, 9.17) is 0 Å². The normalized spacial score (nSPS) is 11.9. The standard InChI is InChI=1S/C15H25N5/c1-13(18-12-16-9-7-11-19(2)3)14-8-6-10-17-15(14)20(4)5/h6,8,10,13H,7,9,11H2,1-5H3. The summed E-state index contributed by atoms with van der Waals surface area (Å²) in [5.74, 6) is 0.943. The molecule has 5 heteroatoms. The second-order valence-corrected chi connectivity index (χ2v) is 5.25. The molecule has 20 heavy (non-hydrogen) atoms. The van der Waals surface area contributed by atoms with E-state index in [0.717, 1.165) is 30.9 Å². The molecular weight excluding hydrogens is 250 g/mol. The van der Waals surface area contributed by atoms with Crippen LogP contribution in [0.1, 0.15) is 24.9 Å². The molecule has 1 heterocycles. The van der Waals surface area contributed by atoms with Crippen LogP contribution >= 0.6 is 0 Å². The maximum absolute atomic E-state index is 4.38. The van der Waals surface area contributed by atoms with E-state index >= 15 is 0 Å². The summed E-state index contributed by atoms with van der Waals surface area (Å²) in [5, 5.41) is 0. The molecule has 0 radical (unpaired) electrons. The second kappa shape index (κ2) is 8.46. The topological polar surface area (TPSA) is 44.1 Å². The molecule has 5 nitrogen and oxygen atoms in total. The first-order valence-electron chi connectivity index (χ1n) is 6.90. The van der Waals surface area contributed by atoms with Crippen molar-refractivity contribution in [2.24, 2.45) is 9.98 Å². The fourth-order valence-electron chi connectivity index (χ4n) is 1.82. The summed E-state index contributed by atoms with van der Waals surface area (Å²) in [6.45, 7) is 3.84. The summed E-state index contributed by atoms with van der Waals surface area (Å²) in [6, 6.07) is 6.80. The minimum atomic E-state index is 0.0127. The zero-order valence-corrected chi connectivity index (χ0v) is 13.2. The summed E-state index contributed by atoms with van der Waals surface area (Å²) >= 11 is 0. The van der Waals surface area contributed by atoms with E-state index in [-0.39, 0.29) is 6.04 Å². The van der Waals surface area contributed by atoms with Gasteiger partial charge in [0, 0.05) is 25.9 Å². The predicted octanol–water partition coefficient (Wildman–Crippen LogP) is 2.33. The van der Waals surface area contributed by atoms with Crippen molar-refractivity contribution in [2.75, 3.05) is 46.2 Å². The van der Waals surface area contributed by atoms with Crippen LogP contribution in [0.15, 0.2) is 28.3 Å². The largest absolute Gasteiger partial charge is 0.362 e. The van der Waals surface area contributed by atoms with E-state index < -0.39 is 0 Å². The quantitative estimate of drug-likeness (QED) is 0.566. The van der Waals surface area contributed by atoms with Gasteiger partial charge in [-0.3, -0.25) is 0 Å². The van der Waals surface area contributed by atoms with E-state index in [9.17, 15) is 0 Å². The molecule has 0 bridgehead atoms. The number of hydrogen-bond acceptors (Lipinski definition) is 5. The number of rotatable bonds is 7. The van der Waals surface area contributed by atoms with Crippen molar-refractivity contribution >= 4 is 11.8 Å². The molecule has 0 aliphatic carbocycles. The molecule has 110 valence electrons. The van der Waals surface area contributed by atoms with Gasteiger partial charge >= 0.3 is 0 Å². The molecule has 0 N–H and O–H groups in total. The highest BCUT2D eigenvalue weighted by molar-refractivity contribution is 5.49. The van der Waals surface area contributed by atoms with Crippen LogP contribution in [0.2, 0.25) is 0 Å². The number of pyridine rings is 1. The molecule has 1 rings (SSSR count). The lowest BCUT2D eigenvalue weighted by atomic mass is 10.1. The summed E-state index contributed by atoms with van der Waals surface area (Å²) in [6.07, 6.45) is 2.82. The SMILES string of the molecule is CC(N=C=NCCCN(C)C)c1cccnc1N(C)C. The Morgan fingerprint density at radius 3 is 2.70 bits per heavy atom. The van der Waals surface area contributed by atoms with Gasteiger partial charge in [0.05, 0.1) is 18.6 Å². The lowest BCUT2D eigenvalue weighted by molar-refractivity contribution is 0.403. The minimum Gasteiger partial charge on any atom is -0.362 e. The fraction of sp³-hybridized carbons (Fsp3) is 0.600. The molecule has 1 unspecified atom stereocenters. The maximum atomic E-state index is 4.38. The van der Waals surface area contributed by atoms with Gasteiger partial charge in [0.15, 0.2) is 0 Å². The number of aliphatic imine (C=N–C) groups is 2. The van der Waals surface area contributed by atoms with Gasteiger partial charge < -0.3 is 9.80 Å². The number of anilines is 1. The number of nitrogens with zero attached hydrogens (tertiary/aromatic N) is 5. The van der Waals surface area contributed by atoms with Gasteiger partial charge in [-0.05, 0) is 40.1 Å². The average molecular weight is 275 g/mol. The Morgan fingerprint density at radius 1 is 1.30 bits per heavy atom. The second-order valence-electron chi connectivity index (χ2n) is 5.25. The van der Waals surface area contributed by atoms with Crippen LogP contribution in [-0.4, -0.2) is 57.2 Å². The zero-order valence-electron chi connectivity index (χ0n) is 13.2. The Balaban J connectivity index is 2.62. The van der Waals surface area contributed by atoms with Crippen molar-refractivity contribution in [3.63, 3.8) is 0 Å². The van der Waals surface area contributed by atoms with Crippen molar-refractivity contribution in [1.82, 2.24) is 9.88 Å². The Labute approximate surface area is 122 Å². The summed E-state index contributed by atoms with van der Waals surface area (Å²) in [7, 11) is 8.09. The molecule has 1 aromatic rings. The van der Waals surface area contributed by atoms with Gasteiger partial charge in [0.1, 0.15) is 5.82 Å². The molecule has 0 saturated carbocycles. The van der Waals surface area contributed by atoms with E-state index in [2.05, 4.69) is 40.0 Å². The van der Waals surface area contributed by atoms with Gasteiger partial charge in [-0.25, -0.2) is 15.0 Å². The Morgan fingerprint density at radius 2 is 2.05 bits per heavy atom. The third kappa shape index (κ3) is 5.51. The first-order chi connectivity index (χ1) is 9.52. The van der Waals surface area contributed by atoms with Crippen molar-refractivity contribution in [1.29, 1.82) is 0 Å². The summed E-state index contributed by atoms with van der Waals surface area (Å²) in [5.41, 5.74) is 1.09. The monoisotopic (exact) mass is 275 g/mol. The Hall–Kier alpha value is -1.71. The van der Waals surface area contributed by atoms with Gasteiger partial charge in [-0.2, -0.15) is 0 Å². The zero-order chi connectivity index (χ0) is 15.0. The van der Waals surface area contributed by atoms with Gasteiger partial charge in [0.25, 0.3) is 0 Å². The first kappa shape index (κ1) is 16.3. The van der Waals surface area contributed by atoms with Crippen LogP contribution < -0.4 is 4.90 Å². The third-order valence-corrected chi connectivity index (χ3v) is 2.89. The molecule has 0 spiro atoms. The van der Waals surface area contributed by atoms with E-state index in [1.165, 1.54) is 0 Å². The molecule has 1 aromatic heterocycles. The minimum absolute atomic E-state index is 0.0127. The summed E-state index contributed by atoms with van der Waals surface area (Å²) < 4.78 is 0. The third-order valence-electron chi connectivity index (χ3n) is 2.89. The predicted molar refractivity (Wildman–Crippen MR) is 84.9 cm³/mol. The molecule has 0 aromatic carbocycles. The highest BCUT2D eigenvalue weighted by Crippen LogP contribution is 2.24. The van der Waals surface area contributed by atoms with Gasteiger partial charge in [0.2, 0.25) is 0 Å². The van der Waals surface area contributed by atoms with Crippen LogP contribution in [0.4, 0.5) is 5.82 Å². The van der Waals surface area contributed by atoms with Crippen LogP contribution in [0.25, 0.3) is 0 Å². The van der Waals surface area contributed by atoms with Crippen LogP contribution in [0.5, 0.6) is 0 Å². The highest BCUT2D eigenvalue weighted by atomic mass is 15.1. The molecule has 0 fully saturated rings. The van der Waals surface area contributed by atoms with Gasteiger partial charge in [-0.15, -0.1) is 0 Å². The smallest absolute Gasteiger partial charge is 0.133 e. The van der Waals surface area contributed by atoms with E-state index in [1.54, 1.807) is 6.20 Å².